The maximum atomic E-state index is 5.53. The van der Waals surface area contributed by atoms with E-state index in [9.17, 15) is 0 Å². The normalized spacial score (nSPS) is 12.9. The summed E-state index contributed by atoms with van der Waals surface area (Å²) < 4.78 is 0. The van der Waals surface area contributed by atoms with Crippen molar-refractivity contribution in [1.29, 1.82) is 0 Å². The Morgan fingerprint density at radius 3 is 2.14 bits per heavy atom. The fourth-order valence-electron chi connectivity index (χ4n) is 1.17. The van der Waals surface area contributed by atoms with E-state index in [1.807, 2.05) is 0 Å². The van der Waals surface area contributed by atoms with Crippen LogP contribution >= 0.6 is 0 Å². The molecule has 1 aromatic rings. The highest BCUT2D eigenvalue weighted by molar-refractivity contribution is 5.45. The second kappa shape index (κ2) is 5.01. The molecule has 0 saturated carbocycles. The molecule has 0 fully saturated rings. The lowest BCUT2D eigenvalue weighted by atomic mass is 10.1. The fraction of sp³-hybridized carbons (Fsp3) is 0.500. The van der Waals surface area contributed by atoms with Gasteiger partial charge in [-0.05, 0) is 30.5 Å². The van der Waals surface area contributed by atoms with Gasteiger partial charge in [-0.1, -0.05) is 26.0 Å². The number of hydrogen-bond donors (Lipinski definition) is 2. The lowest BCUT2D eigenvalue weighted by Crippen LogP contribution is -2.21. The van der Waals surface area contributed by atoms with Crippen LogP contribution in [0.2, 0.25) is 0 Å². The number of anilines is 1. The first kappa shape index (κ1) is 11.1. The van der Waals surface area contributed by atoms with Gasteiger partial charge in [-0.25, -0.2) is 0 Å². The summed E-state index contributed by atoms with van der Waals surface area (Å²) in [5, 5.41) is 3.45. The van der Waals surface area contributed by atoms with Crippen LogP contribution in [0.1, 0.15) is 26.3 Å². The average Bonchev–Trinajstić information content (AvgIpc) is 2.19. The molecule has 78 valence electrons. The third-order valence-electron chi connectivity index (χ3n) is 2.58. The van der Waals surface area contributed by atoms with Crippen LogP contribution in [0.15, 0.2) is 24.3 Å². The molecule has 2 heteroatoms. The third-order valence-corrected chi connectivity index (χ3v) is 2.58. The van der Waals surface area contributed by atoms with Crippen molar-refractivity contribution in [3.63, 3.8) is 0 Å². The molecule has 0 spiro atoms. The van der Waals surface area contributed by atoms with E-state index in [4.69, 9.17) is 5.73 Å². The molecule has 0 heterocycles. The van der Waals surface area contributed by atoms with E-state index in [1.54, 1.807) is 0 Å². The number of nitrogens with one attached hydrogen (secondary N) is 1. The molecule has 0 bridgehead atoms. The first-order valence-corrected chi connectivity index (χ1v) is 5.19. The van der Waals surface area contributed by atoms with Crippen molar-refractivity contribution in [3.05, 3.63) is 29.8 Å². The van der Waals surface area contributed by atoms with E-state index in [0.29, 0.717) is 18.5 Å². The van der Waals surface area contributed by atoms with Crippen molar-refractivity contribution in [1.82, 2.24) is 0 Å². The minimum Gasteiger partial charge on any atom is -0.382 e. The summed E-state index contributed by atoms with van der Waals surface area (Å²) in [6.07, 6.45) is 0. The van der Waals surface area contributed by atoms with Crippen molar-refractivity contribution in [2.75, 3.05) is 5.32 Å². The molecule has 1 atom stereocenters. The smallest absolute Gasteiger partial charge is 0.0342 e. The average molecular weight is 192 g/mol. The zero-order chi connectivity index (χ0) is 10.6. The molecule has 0 saturated heterocycles. The number of benzene rings is 1. The van der Waals surface area contributed by atoms with Gasteiger partial charge in [0, 0.05) is 18.3 Å². The molecule has 0 aromatic heterocycles. The highest BCUT2D eigenvalue weighted by Crippen LogP contribution is 2.13. The van der Waals surface area contributed by atoms with Crippen molar-refractivity contribution >= 4 is 5.69 Å². The molecular formula is C12H20N2. The number of rotatable bonds is 4. The predicted octanol–water partition coefficient (Wildman–Crippen LogP) is 2.60. The van der Waals surface area contributed by atoms with Crippen LogP contribution in [0.25, 0.3) is 0 Å². The zero-order valence-electron chi connectivity index (χ0n) is 9.25. The monoisotopic (exact) mass is 192 g/mol. The Labute approximate surface area is 86.5 Å². The van der Waals surface area contributed by atoms with E-state index in [1.165, 1.54) is 11.3 Å². The molecule has 14 heavy (non-hydrogen) atoms. The van der Waals surface area contributed by atoms with Crippen molar-refractivity contribution in [3.8, 4) is 0 Å². The summed E-state index contributed by atoms with van der Waals surface area (Å²) in [5.74, 6) is 0.643. The Kier molecular flexibility index (Phi) is 3.96. The van der Waals surface area contributed by atoms with Gasteiger partial charge in [-0.3, -0.25) is 0 Å². The summed E-state index contributed by atoms with van der Waals surface area (Å²) in [6.45, 7) is 7.24. The van der Waals surface area contributed by atoms with E-state index >= 15 is 0 Å². The Bertz CT molecular complexity index is 264. The van der Waals surface area contributed by atoms with Crippen molar-refractivity contribution < 1.29 is 0 Å². The summed E-state index contributed by atoms with van der Waals surface area (Å²) in [7, 11) is 0. The largest absolute Gasteiger partial charge is 0.382 e. The van der Waals surface area contributed by atoms with Gasteiger partial charge in [-0.2, -0.15) is 0 Å². The first-order chi connectivity index (χ1) is 6.63. The summed E-state index contributed by atoms with van der Waals surface area (Å²) in [6, 6.07) is 8.80. The molecule has 2 nitrogen and oxygen atoms in total. The molecule has 0 unspecified atom stereocenters. The van der Waals surface area contributed by atoms with Gasteiger partial charge in [0.15, 0.2) is 0 Å². The Morgan fingerprint density at radius 1 is 1.14 bits per heavy atom. The zero-order valence-corrected chi connectivity index (χ0v) is 9.25. The Hall–Kier alpha value is -1.02. The van der Waals surface area contributed by atoms with Gasteiger partial charge < -0.3 is 11.1 Å². The van der Waals surface area contributed by atoms with Crippen LogP contribution in [-0.4, -0.2) is 6.04 Å². The quantitative estimate of drug-likeness (QED) is 0.769. The van der Waals surface area contributed by atoms with E-state index in [0.717, 1.165) is 0 Å². The van der Waals surface area contributed by atoms with Gasteiger partial charge in [0.25, 0.3) is 0 Å². The van der Waals surface area contributed by atoms with Crippen LogP contribution in [-0.2, 0) is 6.54 Å². The van der Waals surface area contributed by atoms with Gasteiger partial charge in [0.2, 0.25) is 0 Å². The van der Waals surface area contributed by atoms with Crippen LogP contribution in [0.5, 0.6) is 0 Å². The molecule has 0 aliphatic heterocycles. The molecular weight excluding hydrogens is 172 g/mol. The lowest BCUT2D eigenvalue weighted by Gasteiger charge is -2.18. The molecule has 0 radical (unpaired) electrons. The second-order valence-electron chi connectivity index (χ2n) is 4.08. The SMILES string of the molecule is CC(C)[C@@H](C)Nc1ccc(CN)cc1. The molecule has 1 rings (SSSR count). The van der Waals surface area contributed by atoms with E-state index in [-0.39, 0.29) is 0 Å². The van der Waals surface area contributed by atoms with Gasteiger partial charge in [-0.15, -0.1) is 0 Å². The third kappa shape index (κ3) is 3.04. The van der Waals surface area contributed by atoms with Gasteiger partial charge >= 0.3 is 0 Å². The molecule has 3 N–H and O–H groups in total. The van der Waals surface area contributed by atoms with E-state index < -0.39 is 0 Å². The summed E-state index contributed by atoms with van der Waals surface area (Å²) >= 11 is 0. The van der Waals surface area contributed by atoms with Crippen LogP contribution in [0.4, 0.5) is 5.69 Å². The van der Waals surface area contributed by atoms with Gasteiger partial charge in [0.1, 0.15) is 0 Å². The second-order valence-corrected chi connectivity index (χ2v) is 4.08. The van der Waals surface area contributed by atoms with E-state index in [2.05, 4.69) is 50.4 Å². The minimum atomic E-state index is 0.499. The standard InChI is InChI=1S/C12H20N2/c1-9(2)10(3)14-12-6-4-11(8-13)5-7-12/h4-7,9-10,14H,8,13H2,1-3H3/t10-/m1/s1. The maximum Gasteiger partial charge on any atom is 0.0342 e. The van der Waals surface area contributed by atoms with Crippen molar-refractivity contribution in [2.45, 2.75) is 33.4 Å². The Balaban J connectivity index is 2.59. The topological polar surface area (TPSA) is 38.0 Å². The molecule has 0 aliphatic carbocycles. The lowest BCUT2D eigenvalue weighted by molar-refractivity contribution is 0.560. The predicted molar refractivity (Wildman–Crippen MR) is 62.3 cm³/mol. The maximum absolute atomic E-state index is 5.53. The first-order valence-electron chi connectivity index (χ1n) is 5.19. The summed E-state index contributed by atoms with van der Waals surface area (Å²) in [5.41, 5.74) is 7.87. The molecule has 0 aliphatic rings. The van der Waals surface area contributed by atoms with Crippen LogP contribution in [0.3, 0.4) is 0 Å². The number of hydrogen-bond acceptors (Lipinski definition) is 2. The fourth-order valence-corrected chi connectivity index (χ4v) is 1.17. The minimum absolute atomic E-state index is 0.499. The highest BCUT2D eigenvalue weighted by atomic mass is 14.9. The Morgan fingerprint density at radius 2 is 1.71 bits per heavy atom. The number of nitrogens with two attached hydrogens (primary N) is 1. The van der Waals surface area contributed by atoms with Crippen LogP contribution in [0, 0.1) is 5.92 Å². The molecule has 1 aromatic carbocycles. The highest BCUT2D eigenvalue weighted by Gasteiger charge is 2.05. The summed E-state index contributed by atoms with van der Waals surface area (Å²) in [4.78, 5) is 0. The van der Waals surface area contributed by atoms with Crippen molar-refractivity contribution in [2.24, 2.45) is 11.7 Å². The molecule has 0 amide bonds. The van der Waals surface area contributed by atoms with Gasteiger partial charge in [0.05, 0.1) is 0 Å². The van der Waals surface area contributed by atoms with Crippen LogP contribution < -0.4 is 11.1 Å².